The second-order valence-electron chi connectivity index (χ2n) is 8.91. The maximum Gasteiger partial charge on any atom is 0.255 e. The molecule has 10 heteroatoms. The molecule has 4 aliphatic heterocycles. The van der Waals surface area contributed by atoms with Gasteiger partial charge in [-0.25, -0.2) is 0 Å². The molecule has 4 heterocycles. The Morgan fingerprint density at radius 1 is 1.34 bits per heavy atom. The van der Waals surface area contributed by atoms with Crippen LogP contribution in [0, 0.1) is 9.49 Å². The van der Waals surface area contributed by atoms with Crippen LogP contribution in [0.5, 0.6) is 0 Å². The second-order valence-corrected chi connectivity index (χ2v) is 10.1. The molecule has 32 heavy (non-hydrogen) atoms. The van der Waals surface area contributed by atoms with Crippen molar-refractivity contribution in [1.29, 1.82) is 0 Å². The second kappa shape index (κ2) is 8.38. The van der Waals surface area contributed by atoms with E-state index in [0.29, 0.717) is 31.7 Å². The van der Waals surface area contributed by atoms with Crippen LogP contribution in [-0.4, -0.2) is 59.9 Å². The van der Waals surface area contributed by atoms with Crippen molar-refractivity contribution in [3.05, 3.63) is 26.8 Å². The Labute approximate surface area is 199 Å². The quantitative estimate of drug-likeness (QED) is 0.379. The Balaban J connectivity index is 1.34. The lowest BCUT2D eigenvalue weighted by molar-refractivity contribution is -0.136. The number of carbonyl (C=O) groups is 3. The van der Waals surface area contributed by atoms with E-state index in [-0.39, 0.29) is 36.0 Å². The van der Waals surface area contributed by atoms with Crippen LogP contribution in [-0.2, 0) is 20.9 Å². The van der Waals surface area contributed by atoms with Gasteiger partial charge in [0.2, 0.25) is 11.8 Å². The molecule has 4 atom stereocenters. The predicted octanol–water partition coefficient (Wildman–Crippen LogP) is 1.61. The summed E-state index contributed by atoms with van der Waals surface area (Å²) >= 11 is 2.22. The van der Waals surface area contributed by atoms with Crippen LogP contribution in [0.1, 0.15) is 48.5 Å². The van der Waals surface area contributed by atoms with Gasteiger partial charge >= 0.3 is 0 Å². The molecule has 3 amide bonds. The normalized spacial score (nSPS) is 31.5. The maximum atomic E-state index is 13.0. The summed E-state index contributed by atoms with van der Waals surface area (Å²) in [5.74, 6) is -0.571. The molecular weight excluding hydrogens is 525 g/mol. The Kier molecular flexibility index (Phi) is 5.70. The molecule has 4 aliphatic rings. The summed E-state index contributed by atoms with van der Waals surface area (Å²) in [5, 5.41) is 9.47. The van der Waals surface area contributed by atoms with Gasteiger partial charge in [-0.3, -0.25) is 30.0 Å². The number of amides is 3. The molecule has 0 aliphatic carbocycles. The summed E-state index contributed by atoms with van der Waals surface area (Å²) in [6.07, 6.45) is 4.40. The van der Waals surface area contributed by atoms with Gasteiger partial charge in [0.05, 0.1) is 24.4 Å². The molecule has 2 saturated heterocycles. The average Bonchev–Trinajstić information content (AvgIpc) is 3.30. The van der Waals surface area contributed by atoms with E-state index in [1.54, 1.807) is 4.90 Å². The van der Waals surface area contributed by atoms with Crippen LogP contribution >= 0.6 is 22.6 Å². The van der Waals surface area contributed by atoms with Crippen molar-refractivity contribution in [2.75, 3.05) is 18.5 Å². The van der Waals surface area contributed by atoms with E-state index >= 15 is 0 Å². The number of halogens is 1. The number of carbonyl (C=O) groups excluding carboxylic acids is 3. The van der Waals surface area contributed by atoms with E-state index < -0.39 is 11.9 Å². The van der Waals surface area contributed by atoms with Gasteiger partial charge in [-0.2, -0.15) is 0 Å². The number of fused-ring (bicyclic) bond motifs is 2. The summed E-state index contributed by atoms with van der Waals surface area (Å²) in [6, 6.07) is 3.23. The highest BCUT2D eigenvalue weighted by molar-refractivity contribution is 14.1. The molecule has 1 aromatic carbocycles. The Morgan fingerprint density at radius 2 is 2.19 bits per heavy atom. The Hall–Kier alpha value is -2.05. The van der Waals surface area contributed by atoms with Crippen molar-refractivity contribution in [3.8, 4) is 0 Å². The smallest absolute Gasteiger partial charge is 0.255 e. The molecule has 170 valence electrons. The van der Waals surface area contributed by atoms with Crippen LogP contribution in [0.2, 0.25) is 0 Å². The predicted molar refractivity (Wildman–Crippen MR) is 126 cm³/mol. The van der Waals surface area contributed by atoms with Gasteiger partial charge in [0.25, 0.3) is 5.91 Å². The summed E-state index contributed by atoms with van der Waals surface area (Å²) in [4.78, 5) is 43.0. The number of imide groups is 1. The van der Waals surface area contributed by atoms with Gasteiger partial charge in [0.1, 0.15) is 6.04 Å². The molecule has 0 bridgehead atoms. The maximum absolute atomic E-state index is 13.0. The first-order valence-electron chi connectivity index (χ1n) is 11.0. The third-order valence-corrected chi connectivity index (χ3v) is 7.70. The number of anilines is 1. The molecule has 0 saturated carbocycles. The molecule has 2 fully saturated rings. The van der Waals surface area contributed by atoms with Gasteiger partial charge in [-0.1, -0.05) is 13.3 Å². The number of rotatable bonds is 5. The van der Waals surface area contributed by atoms with E-state index in [9.17, 15) is 14.4 Å². The largest absolute Gasteiger partial charge is 0.379 e. The summed E-state index contributed by atoms with van der Waals surface area (Å²) in [5.41, 5.74) is 2.26. The molecule has 0 radical (unpaired) electrons. The van der Waals surface area contributed by atoms with Gasteiger partial charge < -0.3 is 15.0 Å². The minimum atomic E-state index is -0.612. The monoisotopic (exact) mass is 551 g/mol. The fourth-order valence-electron chi connectivity index (χ4n) is 5.16. The summed E-state index contributed by atoms with van der Waals surface area (Å²) < 4.78 is 6.66. The first-order valence-corrected chi connectivity index (χ1v) is 12.1. The molecular formula is C22H26IN5O4. The van der Waals surface area contributed by atoms with Gasteiger partial charge in [0.15, 0.2) is 6.29 Å². The fraction of sp³-hybridized carbons (Fsp3) is 0.545. The number of benzene rings is 1. The number of ether oxygens (including phenoxy) is 1. The number of nitrogens with one attached hydrogen (secondary N) is 3. The van der Waals surface area contributed by atoms with Gasteiger partial charge in [-0.15, -0.1) is 0 Å². The number of hydrogen-bond acceptors (Lipinski definition) is 7. The van der Waals surface area contributed by atoms with Crippen molar-refractivity contribution in [1.82, 2.24) is 15.5 Å². The number of piperidine rings is 1. The third-order valence-electron chi connectivity index (χ3n) is 6.81. The van der Waals surface area contributed by atoms with Crippen LogP contribution in [0.3, 0.4) is 0 Å². The van der Waals surface area contributed by atoms with Crippen molar-refractivity contribution in [2.45, 2.75) is 57.0 Å². The van der Waals surface area contributed by atoms with E-state index in [0.717, 1.165) is 27.7 Å². The number of nitrogens with zero attached hydrogens (tertiary/aromatic N) is 2. The van der Waals surface area contributed by atoms with Crippen LogP contribution in [0.4, 0.5) is 5.69 Å². The average molecular weight is 551 g/mol. The Morgan fingerprint density at radius 3 is 2.97 bits per heavy atom. The van der Waals surface area contributed by atoms with Gasteiger partial charge in [-0.05, 0) is 53.1 Å². The minimum Gasteiger partial charge on any atom is -0.379 e. The van der Waals surface area contributed by atoms with Crippen molar-refractivity contribution in [2.24, 2.45) is 10.9 Å². The van der Waals surface area contributed by atoms with E-state index in [2.05, 4.69) is 50.5 Å². The minimum absolute atomic E-state index is 0.102. The molecule has 4 unspecified atom stereocenters. The summed E-state index contributed by atoms with van der Waals surface area (Å²) in [6.45, 7) is 3.89. The van der Waals surface area contributed by atoms with Crippen molar-refractivity contribution in [3.63, 3.8) is 0 Å². The first kappa shape index (κ1) is 21.8. The molecule has 0 spiro atoms. The van der Waals surface area contributed by atoms with E-state index in [1.807, 2.05) is 18.3 Å². The highest BCUT2D eigenvalue weighted by Crippen LogP contribution is 2.35. The van der Waals surface area contributed by atoms with Crippen molar-refractivity contribution < 1.29 is 19.1 Å². The van der Waals surface area contributed by atoms with E-state index in [4.69, 9.17) is 4.74 Å². The highest BCUT2D eigenvalue weighted by Gasteiger charge is 2.46. The first-order chi connectivity index (χ1) is 15.4. The van der Waals surface area contributed by atoms with Crippen molar-refractivity contribution >= 4 is 52.2 Å². The molecule has 3 N–H and O–H groups in total. The van der Waals surface area contributed by atoms with Crippen LogP contribution < -0.4 is 16.0 Å². The third kappa shape index (κ3) is 3.71. The lowest BCUT2D eigenvalue weighted by atomic mass is 9.82. The SMILES string of the molecule is CCCC12COCC1C=NC(Nc1cc3c(cc1I)C(=O)N(C1CCC(=O)NC1=O)C3)N2. The molecule has 5 rings (SSSR count). The molecule has 1 aromatic rings. The number of aliphatic imine (C=N–C) groups is 1. The highest BCUT2D eigenvalue weighted by atomic mass is 127. The lowest BCUT2D eigenvalue weighted by Gasteiger charge is -2.39. The Bertz CT molecular complexity index is 1010. The standard InChI is InChI=1S/C22H26IN5O4/c1-2-5-22-11-32-10-13(22)8-24-21(27-22)25-16-6-12-9-28(20(31)14(12)7-15(16)23)17-3-4-18(29)26-19(17)30/h6-8,13,17,21,25,27H,2-5,9-11H2,1H3,(H,26,29,30). The topological polar surface area (TPSA) is 112 Å². The van der Waals surface area contributed by atoms with Crippen LogP contribution in [0.25, 0.3) is 0 Å². The lowest BCUT2D eigenvalue weighted by Crippen LogP contribution is -2.60. The summed E-state index contributed by atoms with van der Waals surface area (Å²) in [7, 11) is 0. The fourth-order valence-corrected chi connectivity index (χ4v) is 5.79. The zero-order valence-corrected chi connectivity index (χ0v) is 20.0. The van der Waals surface area contributed by atoms with Gasteiger partial charge in [0, 0.05) is 34.2 Å². The van der Waals surface area contributed by atoms with E-state index in [1.165, 1.54) is 0 Å². The van der Waals surface area contributed by atoms with Crippen LogP contribution in [0.15, 0.2) is 17.1 Å². The zero-order chi connectivity index (χ0) is 22.5. The molecule has 0 aromatic heterocycles. The number of hydrogen-bond donors (Lipinski definition) is 3. The zero-order valence-electron chi connectivity index (χ0n) is 17.8. The molecule has 9 nitrogen and oxygen atoms in total.